The van der Waals surface area contributed by atoms with Crippen LogP contribution in [0.1, 0.15) is 20.3 Å². The first-order chi connectivity index (χ1) is 8.04. The van der Waals surface area contributed by atoms with E-state index >= 15 is 0 Å². The van der Waals surface area contributed by atoms with Gasteiger partial charge in [0.15, 0.2) is 17.7 Å². The van der Waals surface area contributed by atoms with E-state index < -0.39 is 12.3 Å². The Kier molecular flexibility index (Phi) is 7.75. The third kappa shape index (κ3) is 5.12. The molecule has 3 N–H and O–H groups in total. The zero-order valence-corrected chi connectivity index (χ0v) is 11.8. The average molecular weight is 276 g/mol. The standard InChI is InChI=1S/C13H21NO3.ClH/c1-9(2)8-10(15)13(14)17-12-7-5-4-6-11(12)16-3;/h4-7,9-10,13,15H,8,14H2,1-3H3;1H. The molecule has 2 atom stereocenters. The molecule has 0 aliphatic heterocycles. The van der Waals surface area contributed by atoms with Crippen LogP contribution < -0.4 is 15.2 Å². The quantitative estimate of drug-likeness (QED) is 0.781. The van der Waals surface area contributed by atoms with Gasteiger partial charge in [0, 0.05) is 0 Å². The lowest BCUT2D eigenvalue weighted by Gasteiger charge is -2.22. The zero-order valence-electron chi connectivity index (χ0n) is 11.0. The summed E-state index contributed by atoms with van der Waals surface area (Å²) in [5, 5.41) is 9.82. The summed E-state index contributed by atoms with van der Waals surface area (Å²) in [5.41, 5.74) is 5.79. The Hall–Kier alpha value is -0.970. The smallest absolute Gasteiger partial charge is 0.174 e. The van der Waals surface area contributed by atoms with Crippen molar-refractivity contribution in [2.75, 3.05) is 7.11 Å². The second-order valence-corrected chi connectivity index (χ2v) is 4.43. The Bertz CT molecular complexity index is 347. The van der Waals surface area contributed by atoms with Gasteiger partial charge in [-0.1, -0.05) is 26.0 Å². The minimum absolute atomic E-state index is 0. The molecule has 1 rings (SSSR count). The topological polar surface area (TPSA) is 64.7 Å². The van der Waals surface area contributed by atoms with Gasteiger partial charge in [-0.25, -0.2) is 0 Å². The SMILES string of the molecule is COc1ccccc1OC(N)C(O)CC(C)C.Cl. The number of hydrogen-bond donors (Lipinski definition) is 2. The summed E-state index contributed by atoms with van der Waals surface area (Å²) in [6.45, 7) is 4.05. The van der Waals surface area contributed by atoms with Gasteiger partial charge in [0.25, 0.3) is 0 Å². The molecule has 5 heteroatoms. The summed E-state index contributed by atoms with van der Waals surface area (Å²) in [5.74, 6) is 1.53. The second kappa shape index (κ2) is 8.19. The molecule has 104 valence electrons. The van der Waals surface area contributed by atoms with Crippen molar-refractivity contribution < 1.29 is 14.6 Å². The van der Waals surface area contributed by atoms with Crippen molar-refractivity contribution in [1.82, 2.24) is 0 Å². The Morgan fingerprint density at radius 1 is 1.22 bits per heavy atom. The largest absolute Gasteiger partial charge is 0.493 e. The molecule has 0 aliphatic rings. The molecular weight excluding hydrogens is 254 g/mol. The van der Waals surface area contributed by atoms with E-state index in [4.69, 9.17) is 15.2 Å². The number of aliphatic hydroxyl groups excluding tert-OH is 1. The number of methoxy groups -OCH3 is 1. The fourth-order valence-electron chi connectivity index (χ4n) is 1.56. The molecule has 0 saturated carbocycles. The number of ether oxygens (including phenoxy) is 2. The lowest BCUT2D eigenvalue weighted by atomic mass is 10.1. The molecular formula is C13H22ClNO3. The van der Waals surface area contributed by atoms with Crippen LogP contribution in [0.2, 0.25) is 0 Å². The number of hydrogen-bond acceptors (Lipinski definition) is 4. The molecule has 18 heavy (non-hydrogen) atoms. The van der Waals surface area contributed by atoms with Gasteiger partial charge in [0.05, 0.1) is 7.11 Å². The number of rotatable bonds is 6. The number of halogens is 1. The summed E-state index contributed by atoms with van der Waals surface area (Å²) in [6, 6.07) is 7.23. The maximum atomic E-state index is 9.82. The molecule has 0 aromatic heterocycles. The maximum absolute atomic E-state index is 9.82. The normalized spacial score (nSPS) is 13.7. The van der Waals surface area contributed by atoms with Crippen molar-refractivity contribution in [3.05, 3.63) is 24.3 Å². The number of para-hydroxylation sites is 2. The molecule has 0 radical (unpaired) electrons. The van der Waals surface area contributed by atoms with Crippen LogP contribution in [-0.4, -0.2) is 24.5 Å². The summed E-state index contributed by atoms with van der Waals surface area (Å²) in [7, 11) is 1.57. The predicted octanol–water partition coefficient (Wildman–Crippen LogP) is 2.19. The summed E-state index contributed by atoms with van der Waals surface area (Å²) < 4.78 is 10.6. The number of nitrogens with two attached hydrogens (primary N) is 1. The van der Waals surface area contributed by atoms with Crippen molar-refractivity contribution >= 4 is 12.4 Å². The lowest BCUT2D eigenvalue weighted by Crippen LogP contribution is -2.40. The molecule has 4 nitrogen and oxygen atoms in total. The average Bonchev–Trinajstić information content (AvgIpc) is 2.28. The van der Waals surface area contributed by atoms with Crippen LogP contribution in [0.5, 0.6) is 11.5 Å². The first kappa shape index (κ1) is 17.0. The highest BCUT2D eigenvalue weighted by Crippen LogP contribution is 2.27. The monoisotopic (exact) mass is 275 g/mol. The van der Waals surface area contributed by atoms with Crippen LogP contribution in [-0.2, 0) is 0 Å². The molecule has 2 unspecified atom stereocenters. The van der Waals surface area contributed by atoms with Gasteiger partial charge in [-0.15, -0.1) is 12.4 Å². The fraction of sp³-hybridized carbons (Fsp3) is 0.538. The first-order valence-electron chi connectivity index (χ1n) is 5.78. The minimum Gasteiger partial charge on any atom is -0.493 e. The van der Waals surface area contributed by atoms with Crippen LogP contribution in [0.4, 0.5) is 0 Å². The van der Waals surface area contributed by atoms with E-state index in [1.165, 1.54) is 0 Å². The van der Waals surface area contributed by atoms with Gasteiger partial charge in [-0.2, -0.15) is 0 Å². The maximum Gasteiger partial charge on any atom is 0.174 e. The van der Waals surface area contributed by atoms with Gasteiger partial charge in [0.2, 0.25) is 0 Å². The molecule has 0 aliphatic carbocycles. The molecule has 0 bridgehead atoms. The van der Waals surface area contributed by atoms with E-state index in [0.29, 0.717) is 23.8 Å². The van der Waals surface area contributed by atoms with Crippen LogP contribution in [0.25, 0.3) is 0 Å². The summed E-state index contributed by atoms with van der Waals surface area (Å²) in [4.78, 5) is 0. The van der Waals surface area contributed by atoms with Crippen LogP contribution in [0.15, 0.2) is 24.3 Å². The van der Waals surface area contributed by atoms with E-state index in [9.17, 15) is 5.11 Å². The van der Waals surface area contributed by atoms with Gasteiger partial charge in [0.1, 0.15) is 6.10 Å². The van der Waals surface area contributed by atoms with E-state index in [1.807, 2.05) is 26.0 Å². The van der Waals surface area contributed by atoms with Crippen molar-refractivity contribution in [1.29, 1.82) is 0 Å². The summed E-state index contributed by atoms with van der Waals surface area (Å²) >= 11 is 0. The molecule has 1 aromatic carbocycles. The Labute approximate surface area is 115 Å². The Morgan fingerprint density at radius 3 is 2.28 bits per heavy atom. The van der Waals surface area contributed by atoms with Crippen molar-refractivity contribution in [3.63, 3.8) is 0 Å². The lowest BCUT2D eigenvalue weighted by molar-refractivity contribution is 0.0255. The third-order valence-corrected chi connectivity index (χ3v) is 2.42. The Balaban J connectivity index is 0.00000289. The molecule has 0 fully saturated rings. The van der Waals surface area contributed by atoms with Crippen molar-refractivity contribution in [2.45, 2.75) is 32.6 Å². The highest BCUT2D eigenvalue weighted by molar-refractivity contribution is 5.85. The third-order valence-electron chi connectivity index (χ3n) is 2.42. The van der Waals surface area contributed by atoms with Crippen LogP contribution >= 0.6 is 12.4 Å². The first-order valence-corrected chi connectivity index (χ1v) is 5.78. The number of aliphatic hydroxyl groups is 1. The van der Waals surface area contributed by atoms with Crippen LogP contribution in [0.3, 0.4) is 0 Å². The fourth-order valence-corrected chi connectivity index (χ4v) is 1.56. The number of benzene rings is 1. The summed E-state index contributed by atoms with van der Waals surface area (Å²) in [6.07, 6.45) is -0.815. The Morgan fingerprint density at radius 2 is 1.78 bits per heavy atom. The van der Waals surface area contributed by atoms with Gasteiger partial charge in [-0.3, -0.25) is 5.73 Å². The van der Waals surface area contributed by atoms with Crippen molar-refractivity contribution in [3.8, 4) is 11.5 Å². The highest BCUT2D eigenvalue weighted by Gasteiger charge is 2.19. The molecule has 0 heterocycles. The molecule has 0 spiro atoms. The van der Waals surface area contributed by atoms with E-state index in [1.54, 1.807) is 19.2 Å². The van der Waals surface area contributed by atoms with E-state index in [0.717, 1.165) is 0 Å². The van der Waals surface area contributed by atoms with Crippen LogP contribution in [0, 0.1) is 5.92 Å². The minimum atomic E-state index is -0.742. The van der Waals surface area contributed by atoms with Gasteiger partial charge >= 0.3 is 0 Å². The second-order valence-electron chi connectivity index (χ2n) is 4.43. The van der Waals surface area contributed by atoms with Gasteiger partial charge in [-0.05, 0) is 24.5 Å². The van der Waals surface area contributed by atoms with Gasteiger partial charge < -0.3 is 14.6 Å². The zero-order chi connectivity index (χ0) is 12.8. The van der Waals surface area contributed by atoms with E-state index in [-0.39, 0.29) is 12.4 Å². The van der Waals surface area contributed by atoms with E-state index in [2.05, 4.69) is 0 Å². The highest BCUT2D eigenvalue weighted by atomic mass is 35.5. The molecule has 1 aromatic rings. The molecule has 0 amide bonds. The van der Waals surface area contributed by atoms with Crippen molar-refractivity contribution in [2.24, 2.45) is 11.7 Å². The molecule has 0 saturated heterocycles. The predicted molar refractivity (Wildman–Crippen MR) is 74.3 cm³/mol.